The van der Waals surface area contributed by atoms with Crippen LogP contribution in [0.25, 0.3) is 0 Å². The predicted molar refractivity (Wildman–Crippen MR) is 58.1 cm³/mol. The summed E-state index contributed by atoms with van der Waals surface area (Å²) in [6.07, 6.45) is 5.08. The first-order chi connectivity index (χ1) is 6.22. The Morgan fingerprint density at radius 1 is 1.31 bits per heavy atom. The fourth-order valence-electron chi connectivity index (χ4n) is 0.909. The lowest BCUT2D eigenvalue weighted by Crippen LogP contribution is -2.17. The lowest BCUT2D eigenvalue weighted by molar-refractivity contribution is -0.143. The fraction of sp³-hybridized carbons (Fsp3) is 0.900. The summed E-state index contributed by atoms with van der Waals surface area (Å²) >= 11 is 3.32. The highest BCUT2D eigenvalue weighted by molar-refractivity contribution is 9.10. The molecular weight excluding hydrogens is 232 g/mol. The van der Waals surface area contributed by atoms with Crippen molar-refractivity contribution < 1.29 is 9.53 Å². The molecule has 13 heavy (non-hydrogen) atoms. The topological polar surface area (TPSA) is 26.3 Å². The summed E-state index contributed by atoms with van der Waals surface area (Å²) in [5.74, 6) is -0.109. The average Bonchev–Trinajstić information content (AvgIpc) is 2.14. The highest BCUT2D eigenvalue weighted by Crippen LogP contribution is 2.11. The largest absolute Gasteiger partial charge is 0.465 e. The van der Waals surface area contributed by atoms with Gasteiger partial charge >= 0.3 is 5.97 Å². The Bertz CT molecular complexity index is 137. The number of carbonyl (C=O) groups excluding carboxylic acids is 1. The molecule has 0 aliphatic carbocycles. The Kier molecular flexibility index (Phi) is 8.51. The van der Waals surface area contributed by atoms with Crippen LogP contribution < -0.4 is 0 Å². The number of carbonyl (C=O) groups is 1. The molecule has 78 valence electrons. The van der Waals surface area contributed by atoms with Gasteiger partial charge in [-0.1, -0.05) is 49.0 Å². The molecule has 0 rings (SSSR count). The molecule has 0 unspecified atom stereocenters. The van der Waals surface area contributed by atoms with Gasteiger partial charge in [-0.25, -0.2) is 0 Å². The van der Waals surface area contributed by atoms with Gasteiger partial charge in [-0.2, -0.15) is 0 Å². The van der Waals surface area contributed by atoms with Gasteiger partial charge in [0.2, 0.25) is 0 Å². The van der Waals surface area contributed by atoms with Gasteiger partial charge in [0.25, 0.3) is 0 Å². The minimum absolute atomic E-state index is 0.107. The van der Waals surface area contributed by atoms with E-state index < -0.39 is 0 Å². The van der Waals surface area contributed by atoms with Crippen LogP contribution in [0.15, 0.2) is 0 Å². The molecular formula is C10H19BrO2. The molecule has 0 bridgehead atoms. The third kappa shape index (κ3) is 7.05. The van der Waals surface area contributed by atoms with Crippen molar-refractivity contribution in [3.63, 3.8) is 0 Å². The Balaban J connectivity index is 3.45. The van der Waals surface area contributed by atoms with E-state index in [1.807, 2.05) is 0 Å². The van der Waals surface area contributed by atoms with Gasteiger partial charge in [-0.05, 0) is 12.8 Å². The van der Waals surface area contributed by atoms with E-state index in [-0.39, 0.29) is 10.8 Å². The van der Waals surface area contributed by atoms with E-state index in [0.29, 0.717) is 6.61 Å². The van der Waals surface area contributed by atoms with Crippen LogP contribution in [0.5, 0.6) is 0 Å². The SMILES string of the molecule is CCCCOC(=O)[C@H](Br)CCCC. The van der Waals surface area contributed by atoms with Crippen molar-refractivity contribution >= 4 is 21.9 Å². The molecule has 0 aromatic heterocycles. The molecule has 0 saturated heterocycles. The van der Waals surface area contributed by atoms with Crippen LogP contribution in [0.2, 0.25) is 0 Å². The van der Waals surface area contributed by atoms with Gasteiger partial charge in [0, 0.05) is 0 Å². The minimum Gasteiger partial charge on any atom is -0.465 e. The number of halogens is 1. The van der Waals surface area contributed by atoms with Gasteiger partial charge < -0.3 is 4.74 Å². The standard InChI is InChI=1S/C10H19BrO2/c1-3-5-7-9(11)10(12)13-8-6-4-2/h9H,3-8H2,1-2H3/t9-/m1/s1. The van der Waals surface area contributed by atoms with Crippen LogP contribution in [-0.2, 0) is 9.53 Å². The normalized spacial score (nSPS) is 12.5. The molecule has 0 heterocycles. The van der Waals surface area contributed by atoms with Gasteiger partial charge in [0.05, 0.1) is 6.61 Å². The quantitative estimate of drug-likeness (QED) is 0.394. The Morgan fingerprint density at radius 3 is 2.46 bits per heavy atom. The van der Waals surface area contributed by atoms with Crippen LogP contribution in [0, 0.1) is 0 Å². The lowest BCUT2D eigenvalue weighted by Gasteiger charge is -2.08. The number of unbranched alkanes of at least 4 members (excludes halogenated alkanes) is 2. The molecule has 0 aliphatic heterocycles. The molecule has 1 atom stereocenters. The van der Waals surface area contributed by atoms with Crippen molar-refractivity contribution in [3.05, 3.63) is 0 Å². The number of rotatable bonds is 7. The summed E-state index contributed by atoms with van der Waals surface area (Å²) in [6.45, 7) is 4.75. The second-order valence-corrected chi connectivity index (χ2v) is 4.24. The van der Waals surface area contributed by atoms with Crippen LogP contribution in [-0.4, -0.2) is 17.4 Å². The summed E-state index contributed by atoms with van der Waals surface area (Å²) in [6, 6.07) is 0. The van der Waals surface area contributed by atoms with Crippen LogP contribution >= 0.6 is 15.9 Å². The summed E-state index contributed by atoms with van der Waals surface area (Å²) in [4.78, 5) is 11.1. The first-order valence-corrected chi connectivity index (χ1v) is 5.94. The number of alkyl halides is 1. The molecule has 0 radical (unpaired) electrons. The third-order valence-corrected chi connectivity index (χ3v) is 2.64. The molecule has 2 nitrogen and oxygen atoms in total. The van der Waals surface area contributed by atoms with Crippen molar-refractivity contribution in [1.82, 2.24) is 0 Å². The predicted octanol–water partition coefficient (Wildman–Crippen LogP) is 3.28. The highest BCUT2D eigenvalue weighted by atomic mass is 79.9. The number of ether oxygens (including phenoxy) is 1. The Morgan fingerprint density at radius 2 is 1.92 bits per heavy atom. The fourth-order valence-corrected chi connectivity index (χ4v) is 1.36. The molecule has 3 heteroatoms. The number of hydrogen-bond donors (Lipinski definition) is 0. The summed E-state index contributed by atoms with van der Waals surface area (Å²) < 4.78 is 5.06. The van der Waals surface area contributed by atoms with E-state index in [9.17, 15) is 4.79 Å². The first-order valence-electron chi connectivity index (χ1n) is 5.03. The molecule has 0 amide bonds. The maximum atomic E-state index is 11.3. The van der Waals surface area contributed by atoms with E-state index in [1.165, 1.54) is 0 Å². The molecule has 0 spiro atoms. The molecule has 0 aliphatic rings. The zero-order valence-corrected chi connectivity index (χ0v) is 10.1. The summed E-state index contributed by atoms with van der Waals surface area (Å²) in [5, 5.41) is 0. The smallest absolute Gasteiger partial charge is 0.319 e. The maximum Gasteiger partial charge on any atom is 0.319 e. The Hall–Kier alpha value is -0.0500. The van der Waals surface area contributed by atoms with Crippen LogP contribution in [0.1, 0.15) is 46.0 Å². The second-order valence-electron chi connectivity index (χ2n) is 3.13. The number of hydrogen-bond acceptors (Lipinski definition) is 2. The minimum atomic E-state index is -0.109. The summed E-state index contributed by atoms with van der Waals surface area (Å²) in [7, 11) is 0. The maximum absolute atomic E-state index is 11.3. The van der Waals surface area contributed by atoms with E-state index in [4.69, 9.17) is 4.74 Å². The Labute approximate surface area is 89.2 Å². The van der Waals surface area contributed by atoms with Crippen molar-refractivity contribution in [2.45, 2.75) is 50.8 Å². The van der Waals surface area contributed by atoms with E-state index in [0.717, 1.165) is 32.1 Å². The monoisotopic (exact) mass is 250 g/mol. The van der Waals surface area contributed by atoms with E-state index in [1.54, 1.807) is 0 Å². The third-order valence-electron chi connectivity index (χ3n) is 1.81. The molecule has 0 fully saturated rings. The average molecular weight is 251 g/mol. The zero-order chi connectivity index (χ0) is 10.1. The number of esters is 1. The lowest BCUT2D eigenvalue weighted by atomic mass is 10.2. The van der Waals surface area contributed by atoms with E-state index >= 15 is 0 Å². The van der Waals surface area contributed by atoms with Gasteiger partial charge in [-0.15, -0.1) is 0 Å². The van der Waals surface area contributed by atoms with Gasteiger partial charge in [-0.3, -0.25) is 4.79 Å². The van der Waals surface area contributed by atoms with Crippen molar-refractivity contribution in [2.24, 2.45) is 0 Å². The van der Waals surface area contributed by atoms with Crippen molar-refractivity contribution in [2.75, 3.05) is 6.61 Å². The van der Waals surface area contributed by atoms with Crippen molar-refractivity contribution in [3.8, 4) is 0 Å². The van der Waals surface area contributed by atoms with Gasteiger partial charge in [0.1, 0.15) is 4.83 Å². The van der Waals surface area contributed by atoms with Crippen molar-refractivity contribution in [1.29, 1.82) is 0 Å². The highest BCUT2D eigenvalue weighted by Gasteiger charge is 2.14. The summed E-state index contributed by atoms with van der Waals surface area (Å²) in [5.41, 5.74) is 0. The van der Waals surface area contributed by atoms with E-state index in [2.05, 4.69) is 29.8 Å². The van der Waals surface area contributed by atoms with Crippen LogP contribution in [0.3, 0.4) is 0 Å². The molecule has 0 saturated carbocycles. The molecule has 0 aromatic rings. The molecule has 0 aromatic carbocycles. The van der Waals surface area contributed by atoms with Gasteiger partial charge in [0.15, 0.2) is 0 Å². The van der Waals surface area contributed by atoms with Crippen LogP contribution in [0.4, 0.5) is 0 Å². The molecule has 0 N–H and O–H groups in total. The zero-order valence-electron chi connectivity index (χ0n) is 8.51. The second kappa shape index (κ2) is 8.54. The first kappa shape index (κ1) is 12.9.